The standard InChI is InChI=1S/C21H22N2O8S/c1-12-21(26)23-15-8-13(4-6-17(15)31-12)16(24)10-32(27,28)11-20(25)22-14-5-7-18(29-2)19(9-14)30-3/h4-9,12H,10-11H2,1-3H3,(H,22,25)(H,23,26). The van der Waals surface area contributed by atoms with Crippen molar-refractivity contribution in [1.82, 2.24) is 0 Å². The molecule has 0 fully saturated rings. The highest BCUT2D eigenvalue weighted by atomic mass is 32.2. The highest BCUT2D eigenvalue weighted by Crippen LogP contribution is 2.31. The molecule has 1 heterocycles. The van der Waals surface area contributed by atoms with Crippen molar-refractivity contribution in [3.05, 3.63) is 42.0 Å². The van der Waals surface area contributed by atoms with Crippen LogP contribution in [0.3, 0.4) is 0 Å². The maximum absolute atomic E-state index is 12.5. The summed E-state index contributed by atoms with van der Waals surface area (Å²) in [5, 5.41) is 5.05. The second kappa shape index (κ2) is 9.27. The Labute approximate surface area is 184 Å². The number of nitrogens with one attached hydrogen (secondary N) is 2. The fraction of sp³-hybridized carbons (Fsp3) is 0.286. The van der Waals surface area contributed by atoms with E-state index in [1.165, 1.54) is 44.6 Å². The Hall–Kier alpha value is -3.60. The van der Waals surface area contributed by atoms with Crippen molar-refractivity contribution in [3.63, 3.8) is 0 Å². The van der Waals surface area contributed by atoms with Gasteiger partial charge in [0, 0.05) is 17.3 Å². The van der Waals surface area contributed by atoms with E-state index < -0.39 is 39.1 Å². The van der Waals surface area contributed by atoms with E-state index in [1.807, 2.05) is 0 Å². The van der Waals surface area contributed by atoms with Crippen molar-refractivity contribution in [2.75, 3.05) is 36.4 Å². The van der Waals surface area contributed by atoms with Crippen LogP contribution in [-0.4, -0.2) is 57.8 Å². The number of amides is 2. The quantitative estimate of drug-likeness (QED) is 0.565. The van der Waals surface area contributed by atoms with Crippen LogP contribution in [0.15, 0.2) is 36.4 Å². The zero-order chi connectivity index (χ0) is 23.5. The first-order valence-electron chi connectivity index (χ1n) is 9.49. The van der Waals surface area contributed by atoms with E-state index in [2.05, 4.69) is 10.6 Å². The lowest BCUT2D eigenvalue weighted by molar-refractivity contribution is -0.122. The second-order valence-corrected chi connectivity index (χ2v) is 9.10. The number of carbonyl (C=O) groups is 3. The van der Waals surface area contributed by atoms with Gasteiger partial charge in [-0.2, -0.15) is 0 Å². The lowest BCUT2D eigenvalue weighted by Gasteiger charge is -2.23. The molecule has 2 aromatic rings. The van der Waals surface area contributed by atoms with Gasteiger partial charge in [0.1, 0.15) is 17.3 Å². The molecule has 32 heavy (non-hydrogen) atoms. The van der Waals surface area contributed by atoms with Crippen LogP contribution in [0.4, 0.5) is 11.4 Å². The smallest absolute Gasteiger partial charge is 0.265 e. The minimum atomic E-state index is -4.05. The molecule has 1 atom stereocenters. The third-order valence-corrected chi connectivity index (χ3v) is 6.01. The molecule has 1 aliphatic heterocycles. The Balaban J connectivity index is 1.65. The van der Waals surface area contributed by atoms with Crippen LogP contribution >= 0.6 is 0 Å². The Morgan fingerprint density at radius 2 is 1.78 bits per heavy atom. The summed E-state index contributed by atoms with van der Waals surface area (Å²) < 4.78 is 40.5. The molecule has 0 spiro atoms. The fourth-order valence-corrected chi connectivity index (χ4v) is 4.17. The number of hydrogen-bond donors (Lipinski definition) is 2. The normalized spacial score (nSPS) is 15.1. The summed E-state index contributed by atoms with van der Waals surface area (Å²) in [4.78, 5) is 36.4. The molecule has 0 aliphatic carbocycles. The van der Waals surface area contributed by atoms with Crippen molar-refractivity contribution >= 4 is 38.8 Å². The third-order valence-electron chi connectivity index (χ3n) is 4.60. The highest BCUT2D eigenvalue weighted by molar-refractivity contribution is 7.92. The molecule has 0 saturated heterocycles. The predicted molar refractivity (Wildman–Crippen MR) is 116 cm³/mol. The molecule has 0 radical (unpaired) electrons. The van der Waals surface area contributed by atoms with E-state index in [0.29, 0.717) is 22.9 Å². The maximum Gasteiger partial charge on any atom is 0.265 e. The number of carbonyl (C=O) groups excluding carboxylic acids is 3. The molecular weight excluding hydrogens is 440 g/mol. The number of ketones is 1. The lowest BCUT2D eigenvalue weighted by Crippen LogP contribution is -2.34. The number of sulfone groups is 1. The van der Waals surface area contributed by atoms with Crippen LogP contribution in [0.2, 0.25) is 0 Å². The van der Waals surface area contributed by atoms with Gasteiger partial charge in [0.15, 0.2) is 33.2 Å². The molecule has 2 N–H and O–H groups in total. The van der Waals surface area contributed by atoms with Gasteiger partial charge in [-0.1, -0.05) is 0 Å². The van der Waals surface area contributed by atoms with Gasteiger partial charge in [-0.05, 0) is 37.3 Å². The SMILES string of the molecule is COc1ccc(NC(=O)CS(=O)(=O)CC(=O)c2ccc3c(c2)NC(=O)C(C)O3)cc1OC. The molecule has 170 valence electrons. The monoisotopic (exact) mass is 462 g/mol. The molecule has 1 aliphatic rings. The number of ether oxygens (including phenoxy) is 3. The zero-order valence-corrected chi connectivity index (χ0v) is 18.4. The fourth-order valence-electron chi connectivity index (χ4n) is 3.03. The summed E-state index contributed by atoms with van der Waals surface area (Å²) in [6.45, 7) is 1.58. The van der Waals surface area contributed by atoms with Crippen LogP contribution in [0.5, 0.6) is 17.2 Å². The first-order chi connectivity index (χ1) is 15.1. The van der Waals surface area contributed by atoms with E-state index in [1.54, 1.807) is 13.0 Å². The molecule has 2 amide bonds. The molecule has 0 aromatic heterocycles. The number of rotatable bonds is 8. The summed E-state index contributed by atoms with van der Waals surface area (Å²) in [5.74, 6) is -2.44. The lowest BCUT2D eigenvalue weighted by atomic mass is 10.1. The van der Waals surface area contributed by atoms with Crippen LogP contribution < -0.4 is 24.8 Å². The number of methoxy groups -OCH3 is 2. The molecule has 3 rings (SSSR count). The molecule has 1 unspecified atom stereocenters. The Morgan fingerprint density at radius 3 is 2.47 bits per heavy atom. The van der Waals surface area contributed by atoms with Gasteiger partial charge in [-0.25, -0.2) is 8.42 Å². The summed E-state index contributed by atoms with van der Waals surface area (Å²) in [6, 6.07) is 8.81. The average molecular weight is 462 g/mol. The minimum Gasteiger partial charge on any atom is -0.493 e. The molecule has 2 aromatic carbocycles. The van der Waals surface area contributed by atoms with Gasteiger partial charge >= 0.3 is 0 Å². The van der Waals surface area contributed by atoms with Gasteiger partial charge in [-0.3, -0.25) is 14.4 Å². The van der Waals surface area contributed by atoms with E-state index in [4.69, 9.17) is 14.2 Å². The number of hydrogen-bond acceptors (Lipinski definition) is 8. The number of benzene rings is 2. The van der Waals surface area contributed by atoms with Gasteiger partial charge < -0.3 is 24.8 Å². The summed E-state index contributed by atoms with van der Waals surface area (Å²) in [5.41, 5.74) is 0.669. The first-order valence-corrected chi connectivity index (χ1v) is 11.3. The van der Waals surface area contributed by atoms with Gasteiger partial charge in [-0.15, -0.1) is 0 Å². The second-order valence-electron chi connectivity index (χ2n) is 7.03. The Morgan fingerprint density at radius 1 is 1.06 bits per heavy atom. The summed E-state index contributed by atoms with van der Waals surface area (Å²) >= 11 is 0. The predicted octanol–water partition coefficient (Wildman–Crippen LogP) is 1.66. The van der Waals surface area contributed by atoms with Crippen molar-refractivity contribution < 1.29 is 37.0 Å². The minimum absolute atomic E-state index is 0.0751. The van der Waals surface area contributed by atoms with Crippen LogP contribution in [0, 0.1) is 0 Å². The van der Waals surface area contributed by atoms with Crippen molar-refractivity contribution in [2.45, 2.75) is 13.0 Å². The number of anilines is 2. The maximum atomic E-state index is 12.5. The first kappa shape index (κ1) is 23.1. The van der Waals surface area contributed by atoms with E-state index in [9.17, 15) is 22.8 Å². The Kier molecular flexibility index (Phi) is 6.68. The molecule has 0 bridgehead atoms. The third kappa shape index (κ3) is 5.35. The summed E-state index contributed by atoms with van der Waals surface area (Å²) in [7, 11) is -1.16. The van der Waals surface area contributed by atoms with Crippen LogP contribution in [0.25, 0.3) is 0 Å². The molecule has 10 nitrogen and oxygen atoms in total. The van der Waals surface area contributed by atoms with E-state index in [0.717, 1.165) is 0 Å². The topological polar surface area (TPSA) is 137 Å². The summed E-state index contributed by atoms with van der Waals surface area (Å²) in [6.07, 6.45) is -0.673. The molecule has 11 heteroatoms. The van der Waals surface area contributed by atoms with Crippen molar-refractivity contribution in [2.24, 2.45) is 0 Å². The van der Waals surface area contributed by atoms with Gasteiger partial charge in [0.2, 0.25) is 5.91 Å². The number of Topliss-reactive ketones (excluding diaryl/α,β-unsaturated/α-hetero) is 1. The largest absolute Gasteiger partial charge is 0.493 e. The van der Waals surface area contributed by atoms with E-state index >= 15 is 0 Å². The molecule has 0 saturated carbocycles. The number of fused-ring (bicyclic) bond motifs is 1. The van der Waals surface area contributed by atoms with Crippen molar-refractivity contribution in [3.8, 4) is 17.2 Å². The highest BCUT2D eigenvalue weighted by Gasteiger charge is 2.26. The van der Waals surface area contributed by atoms with Gasteiger partial charge in [0.05, 0.1) is 19.9 Å². The Bertz CT molecular complexity index is 1180. The van der Waals surface area contributed by atoms with Crippen molar-refractivity contribution in [1.29, 1.82) is 0 Å². The average Bonchev–Trinajstić information content (AvgIpc) is 2.73. The van der Waals surface area contributed by atoms with Gasteiger partial charge in [0.25, 0.3) is 5.91 Å². The zero-order valence-electron chi connectivity index (χ0n) is 17.6. The van der Waals surface area contributed by atoms with Crippen LogP contribution in [0.1, 0.15) is 17.3 Å². The molecular formula is C21H22N2O8S. The van der Waals surface area contributed by atoms with Crippen LogP contribution in [-0.2, 0) is 19.4 Å². The van der Waals surface area contributed by atoms with E-state index in [-0.39, 0.29) is 17.2 Å².